The van der Waals surface area contributed by atoms with E-state index in [0.29, 0.717) is 5.69 Å². The second-order valence-corrected chi connectivity index (χ2v) is 6.54. The van der Waals surface area contributed by atoms with Gasteiger partial charge in [-0.25, -0.2) is 4.39 Å². The van der Waals surface area contributed by atoms with E-state index in [2.05, 4.69) is 5.32 Å². The molecule has 0 aromatic heterocycles. The van der Waals surface area contributed by atoms with E-state index in [0.717, 1.165) is 11.8 Å². The average Bonchev–Trinajstić information content (AvgIpc) is 2.59. The fourth-order valence-electron chi connectivity index (χ4n) is 1.70. The Bertz CT molecular complexity index is 752. The van der Waals surface area contributed by atoms with Crippen LogP contribution in [0.4, 0.5) is 10.1 Å². The summed E-state index contributed by atoms with van der Waals surface area (Å²) in [7, 11) is 0. The largest absolute Gasteiger partial charge is 0.456 e. The summed E-state index contributed by atoms with van der Waals surface area (Å²) in [5.41, 5.74) is 5.63. The average molecular weight is 379 g/mol. The fraction of sp³-hybridized carbons (Fsp3) is 0.294. The monoisotopic (exact) mass is 379 g/mol. The number of ketones is 1. The third kappa shape index (κ3) is 6.94. The van der Waals surface area contributed by atoms with Crippen LogP contribution >= 0.6 is 11.8 Å². The zero-order chi connectivity index (χ0) is 19.7. The number of nitrogens with zero attached hydrogens (tertiary/aromatic N) is 1. The molecule has 0 aliphatic heterocycles. The molecule has 9 heteroatoms. The normalized spacial score (nSPS) is 12.4. The van der Waals surface area contributed by atoms with Crippen LogP contribution < -0.4 is 11.1 Å². The maximum atomic E-state index is 12.8. The lowest BCUT2D eigenvalue weighted by molar-refractivity contribution is -0.146. The number of benzene rings is 1. The van der Waals surface area contributed by atoms with Gasteiger partial charge < -0.3 is 15.8 Å². The number of anilines is 1. The molecule has 1 aromatic carbocycles. The van der Waals surface area contributed by atoms with Crippen LogP contribution in [-0.4, -0.2) is 35.3 Å². The van der Waals surface area contributed by atoms with E-state index in [9.17, 15) is 18.8 Å². The molecule has 0 saturated carbocycles. The Balaban J connectivity index is 2.41. The minimum Gasteiger partial charge on any atom is -0.456 e. The van der Waals surface area contributed by atoms with Gasteiger partial charge in [-0.15, -0.1) is 11.8 Å². The first-order valence-corrected chi connectivity index (χ1v) is 8.52. The number of carbonyl (C=O) groups excluding carboxylic acids is 3. The lowest BCUT2D eigenvalue weighted by atomic mass is 10.1. The van der Waals surface area contributed by atoms with Crippen molar-refractivity contribution < 1.29 is 23.5 Å². The van der Waals surface area contributed by atoms with Crippen molar-refractivity contribution in [3.8, 4) is 6.07 Å². The number of esters is 1. The molecule has 0 aliphatic rings. The second kappa shape index (κ2) is 10.2. The fourth-order valence-corrected chi connectivity index (χ4v) is 2.37. The minimum atomic E-state index is -0.699. The van der Waals surface area contributed by atoms with Crippen molar-refractivity contribution in [2.75, 3.05) is 17.7 Å². The first-order valence-electron chi connectivity index (χ1n) is 7.48. The van der Waals surface area contributed by atoms with Crippen molar-refractivity contribution in [3.63, 3.8) is 0 Å². The smallest absolute Gasteiger partial charge is 0.319 e. The number of amides is 1. The summed E-state index contributed by atoms with van der Waals surface area (Å²) in [5, 5.41) is 10.7. The molecule has 0 heterocycles. The predicted octanol–water partition coefficient (Wildman–Crippen LogP) is 1.75. The van der Waals surface area contributed by atoms with Crippen molar-refractivity contribution in [2.24, 2.45) is 5.73 Å². The van der Waals surface area contributed by atoms with Gasteiger partial charge in [0.15, 0.2) is 6.61 Å². The van der Waals surface area contributed by atoms with Gasteiger partial charge in [0.25, 0.3) is 0 Å². The van der Waals surface area contributed by atoms with Crippen LogP contribution in [0, 0.1) is 17.1 Å². The molecule has 1 rings (SSSR count). The van der Waals surface area contributed by atoms with Crippen LogP contribution in [-0.2, 0) is 19.1 Å². The Labute approximate surface area is 154 Å². The summed E-state index contributed by atoms with van der Waals surface area (Å²) in [6.07, 6.45) is 0. The van der Waals surface area contributed by atoms with E-state index in [1.54, 1.807) is 6.07 Å². The highest BCUT2D eigenvalue weighted by Gasteiger charge is 2.20. The first-order chi connectivity index (χ1) is 12.2. The topological polar surface area (TPSA) is 122 Å². The van der Waals surface area contributed by atoms with Crippen LogP contribution in [0.15, 0.2) is 35.5 Å². The third-order valence-corrected chi connectivity index (χ3v) is 4.18. The van der Waals surface area contributed by atoms with E-state index in [4.69, 9.17) is 15.7 Å². The molecule has 26 heavy (non-hydrogen) atoms. The van der Waals surface area contributed by atoms with Crippen LogP contribution in [0.1, 0.15) is 13.8 Å². The minimum absolute atomic E-state index is 0.0349. The summed E-state index contributed by atoms with van der Waals surface area (Å²) in [6, 6.07) is 6.92. The van der Waals surface area contributed by atoms with Gasteiger partial charge in [0.1, 0.15) is 22.7 Å². The van der Waals surface area contributed by atoms with Gasteiger partial charge in [-0.05, 0) is 38.1 Å². The lowest BCUT2D eigenvalue weighted by Gasteiger charge is -2.11. The highest BCUT2D eigenvalue weighted by molar-refractivity contribution is 8.01. The summed E-state index contributed by atoms with van der Waals surface area (Å²) >= 11 is 1.01. The number of allylic oxidation sites excluding steroid dienone is 1. The lowest BCUT2D eigenvalue weighted by Crippen LogP contribution is -2.24. The zero-order valence-electron chi connectivity index (χ0n) is 14.2. The van der Waals surface area contributed by atoms with Crippen LogP contribution in [0.2, 0.25) is 0 Å². The van der Waals surface area contributed by atoms with Gasteiger partial charge in [-0.1, -0.05) is 0 Å². The quantitative estimate of drug-likeness (QED) is 0.401. The Hall–Kier alpha value is -2.86. The van der Waals surface area contributed by atoms with E-state index in [-0.39, 0.29) is 22.9 Å². The molecule has 138 valence electrons. The van der Waals surface area contributed by atoms with Crippen molar-refractivity contribution in [2.45, 2.75) is 19.1 Å². The predicted molar refractivity (Wildman–Crippen MR) is 95.4 cm³/mol. The number of nitrogens with one attached hydrogen (secondary N) is 1. The van der Waals surface area contributed by atoms with Crippen LogP contribution in [0.3, 0.4) is 0 Å². The number of hydrogen-bond donors (Lipinski definition) is 2. The van der Waals surface area contributed by atoms with Gasteiger partial charge in [-0.2, -0.15) is 5.26 Å². The maximum Gasteiger partial charge on any atom is 0.319 e. The molecule has 0 aliphatic carbocycles. The first kappa shape index (κ1) is 21.2. The van der Waals surface area contributed by atoms with Gasteiger partial charge in [-0.3, -0.25) is 14.4 Å². The van der Waals surface area contributed by atoms with Gasteiger partial charge in [0, 0.05) is 11.4 Å². The summed E-state index contributed by atoms with van der Waals surface area (Å²) in [4.78, 5) is 35.3. The number of rotatable bonds is 8. The van der Waals surface area contributed by atoms with Crippen molar-refractivity contribution in [1.29, 1.82) is 5.26 Å². The molecule has 1 unspecified atom stereocenters. The molecule has 1 amide bonds. The number of Topliss-reactive ketones (excluding diaryl/α,β-unsaturated/α-hetero) is 1. The molecule has 0 saturated heterocycles. The SMILES string of the molecule is C/C(N)=C(\C#N)C(=O)COC(=O)C(C)SCC(=O)Nc1ccc(F)cc1. The number of hydrogen-bond acceptors (Lipinski definition) is 7. The molecule has 7 nitrogen and oxygen atoms in total. The van der Waals surface area contributed by atoms with Gasteiger partial charge in [0.2, 0.25) is 11.7 Å². The van der Waals surface area contributed by atoms with Crippen LogP contribution in [0.5, 0.6) is 0 Å². The van der Waals surface area contributed by atoms with E-state index in [1.165, 1.54) is 38.1 Å². The molecule has 0 radical (unpaired) electrons. The Morgan fingerprint density at radius 3 is 2.50 bits per heavy atom. The molecule has 1 aromatic rings. The third-order valence-electron chi connectivity index (χ3n) is 3.05. The summed E-state index contributed by atoms with van der Waals surface area (Å²) < 4.78 is 17.6. The van der Waals surface area contributed by atoms with Crippen molar-refractivity contribution in [1.82, 2.24) is 0 Å². The zero-order valence-corrected chi connectivity index (χ0v) is 15.1. The Morgan fingerprint density at radius 1 is 1.35 bits per heavy atom. The van der Waals surface area contributed by atoms with Gasteiger partial charge >= 0.3 is 5.97 Å². The van der Waals surface area contributed by atoms with E-state index >= 15 is 0 Å². The number of thioether (sulfide) groups is 1. The maximum absolute atomic E-state index is 12.8. The molecule has 1 atom stereocenters. The highest BCUT2D eigenvalue weighted by Crippen LogP contribution is 2.14. The molecule has 0 spiro atoms. The number of carbonyl (C=O) groups is 3. The molecular weight excluding hydrogens is 361 g/mol. The van der Waals surface area contributed by atoms with Crippen molar-refractivity contribution in [3.05, 3.63) is 41.4 Å². The number of halogens is 1. The number of ether oxygens (including phenoxy) is 1. The van der Waals surface area contributed by atoms with Crippen LogP contribution in [0.25, 0.3) is 0 Å². The molecule has 3 N–H and O–H groups in total. The van der Waals surface area contributed by atoms with E-state index < -0.39 is 29.4 Å². The summed E-state index contributed by atoms with van der Waals surface area (Å²) in [6.45, 7) is 2.33. The standard InChI is InChI=1S/C17H18FN3O4S/c1-10(20)14(7-19)15(22)8-25-17(24)11(2)26-9-16(23)21-13-5-3-12(18)4-6-13/h3-6,11H,8-9,20H2,1-2H3,(H,21,23)/b14-10-. The number of nitrogens with two attached hydrogens (primary N) is 1. The van der Waals surface area contributed by atoms with E-state index in [1.807, 2.05) is 0 Å². The molecular formula is C17H18FN3O4S. The summed E-state index contributed by atoms with van der Waals surface area (Å²) in [5.74, 6) is -2.20. The highest BCUT2D eigenvalue weighted by atomic mass is 32.2. The van der Waals surface area contributed by atoms with Crippen molar-refractivity contribution >= 4 is 35.1 Å². The molecule has 0 fully saturated rings. The molecule has 0 bridgehead atoms. The Kier molecular flexibility index (Phi) is 8.31. The second-order valence-electron chi connectivity index (χ2n) is 5.21. The Morgan fingerprint density at radius 2 is 1.96 bits per heavy atom. The number of nitriles is 1. The van der Waals surface area contributed by atoms with Gasteiger partial charge in [0.05, 0.1) is 5.75 Å².